The molecule has 0 aliphatic heterocycles. The molecular formula is C16H14N2O2. The van der Waals surface area contributed by atoms with E-state index in [1.165, 1.54) is 0 Å². The molecule has 0 atom stereocenters. The minimum Gasteiger partial charge on any atom is -0.467 e. The molecule has 100 valence electrons. The molecule has 4 nitrogen and oxygen atoms in total. The quantitative estimate of drug-likeness (QED) is 0.680. The highest BCUT2D eigenvalue weighted by molar-refractivity contribution is 5.82. The van der Waals surface area contributed by atoms with E-state index >= 15 is 0 Å². The maximum atomic E-state index is 5.56. The average Bonchev–Trinajstić information content (AvgIpc) is 2.53. The number of aromatic nitrogens is 2. The van der Waals surface area contributed by atoms with Gasteiger partial charge in [-0.3, -0.25) is 0 Å². The Morgan fingerprint density at radius 3 is 2.65 bits per heavy atom. The number of ether oxygens (including phenoxy) is 2. The van der Waals surface area contributed by atoms with Crippen LogP contribution in [-0.4, -0.2) is 24.1 Å². The Balaban J connectivity index is 2.06. The molecule has 0 unspecified atom stereocenters. The molecule has 20 heavy (non-hydrogen) atoms. The lowest BCUT2D eigenvalue weighted by Gasteiger charge is -2.10. The van der Waals surface area contributed by atoms with Crippen molar-refractivity contribution in [2.75, 3.05) is 13.9 Å². The Bertz CT molecular complexity index is 728. The highest BCUT2D eigenvalue weighted by atomic mass is 16.7. The minimum atomic E-state index is 0.206. The lowest BCUT2D eigenvalue weighted by Crippen LogP contribution is -2.00. The second-order valence-corrected chi connectivity index (χ2v) is 4.34. The molecule has 0 radical (unpaired) electrons. The summed E-state index contributed by atoms with van der Waals surface area (Å²) in [5.74, 6) is 0.735. The van der Waals surface area contributed by atoms with E-state index in [0.29, 0.717) is 0 Å². The van der Waals surface area contributed by atoms with E-state index in [0.717, 1.165) is 27.9 Å². The van der Waals surface area contributed by atoms with E-state index in [2.05, 4.69) is 10.2 Å². The van der Waals surface area contributed by atoms with Crippen molar-refractivity contribution in [3.63, 3.8) is 0 Å². The van der Waals surface area contributed by atoms with E-state index < -0.39 is 0 Å². The fraction of sp³-hybridized carbons (Fsp3) is 0.125. The third-order valence-corrected chi connectivity index (χ3v) is 2.99. The molecule has 0 spiro atoms. The Labute approximate surface area is 117 Å². The van der Waals surface area contributed by atoms with Gasteiger partial charge in [0.05, 0.1) is 11.2 Å². The molecule has 3 aromatic rings. The zero-order valence-electron chi connectivity index (χ0n) is 11.1. The Hall–Kier alpha value is -2.46. The largest absolute Gasteiger partial charge is 0.467 e. The van der Waals surface area contributed by atoms with Crippen LogP contribution < -0.4 is 4.74 Å². The molecule has 0 aliphatic rings. The van der Waals surface area contributed by atoms with Crippen LogP contribution in [0, 0.1) is 0 Å². The lowest BCUT2D eigenvalue weighted by atomic mass is 10.1. The topological polar surface area (TPSA) is 44.2 Å². The van der Waals surface area contributed by atoms with Gasteiger partial charge in [0.25, 0.3) is 0 Å². The van der Waals surface area contributed by atoms with E-state index in [1.807, 2.05) is 54.6 Å². The molecule has 1 heterocycles. The second kappa shape index (κ2) is 5.67. The van der Waals surface area contributed by atoms with Crippen LogP contribution in [0.1, 0.15) is 0 Å². The van der Waals surface area contributed by atoms with Crippen LogP contribution in [0.3, 0.4) is 0 Å². The number of hydrogen-bond acceptors (Lipinski definition) is 4. The summed E-state index contributed by atoms with van der Waals surface area (Å²) in [5.41, 5.74) is 2.57. The monoisotopic (exact) mass is 266 g/mol. The first kappa shape index (κ1) is 12.6. The minimum absolute atomic E-state index is 0.206. The first-order valence-electron chi connectivity index (χ1n) is 6.32. The summed E-state index contributed by atoms with van der Waals surface area (Å²) in [6.07, 6.45) is 0. The summed E-state index contributed by atoms with van der Waals surface area (Å²) < 4.78 is 10.5. The van der Waals surface area contributed by atoms with E-state index in [4.69, 9.17) is 9.47 Å². The van der Waals surface area contributed by atoms with Crippen LogP contribution in [0.15, 0.2) is 54.6 Å². The summed E-state index contributed by atoms with van der Waals surface area (Å²) in [6, 6.07) is 17.6. The molecular weight excluding hydrogens is 252 g/mol. The maximum Gasteiger partial charge on any atom is 0.188 e. The van der Waals surface area contributed by atoms with Crippen LogP contribution in [0.5, 0.6) is 5.75 Å². The molecule has 0 bridgehead atoms. The van der Waals surface area contributed by atoms with Crippen LogP contribution in [-0.2, 0) is 4.74 Å². The van der Waals surface area contributed by atoms with Crippen LogP contribution in [0.25, 0.3) is 22.2 Å². The zero-order valence-corrected chi connectivity index (χ0v) is 11.1. The number of nitrogens with zero attached hydrogens (tertiary/aromatic N) is 2. The van der Waals surface area contributed by atoms with Crippen molar-refractivity contribution < 1.29 is 9.47 Å². The molecule has 0 amide bonds. The van der Waals surface area contributed by atoms with Gasteiger partial charge < -0.3 is 9.47 Å². The van der Waals surface area contributed by atoms with E-state index in [9.17, 15) is 0 Å². The maximum absolute atomic E-state index is 5.56. The van der Waals surface area contributed by atoms with Crippen LogP contribution in [0.4, 0.5) is 0 Å². The SMILES string of the molecule is COCOc1ccccc1-c1cc2ccccc2nn1. The fourth-order valence-corrected chi connectivity index (χ4v) is 2.04. The summed E-state index contributed by atoms with van der Waals surface area (Å²) in [7, 11) is 1.60. The molecule has 1 aromatic heterocycles. The Morgan fingerprint density at radius 1 is 0.950 bits per heavy atom. The number of hydrogen-bond donors (Lipinski definition) is 0. The number of benzene rings is 2. The standard InChI is InChI=1S/C16H14N2O2/c1-19-11-20-16-9-5-3-7-13(16)15-10-12-6-2-4-8-14(12)17-18-15/h2-10H,11H2,1H3. The summed E-state index contributed by atoms with van der Waals surface area (Å²) in [5, 5.41) is 9.57. The molecule has 4 heteroatoms. The average molecular weight is 266 g/mol. The van der Waals surface area contributed by atoms with Crippen molar-refractivity contribution >= 4 is 10.9 Å². The summed E-state index contributed by atoms with van der Waals surface area (Å²) in [6.45, 7) is 0.206. The Kier molecular flexibility index (Phi) is 3.56. The number of rotatable bonds is 4. The van der Waals surface area contributed by atoms with Crippen molar-refractivity contribution in [3.05, 3.63) is 54.6 Å². The van der Waals surface area contributed by atoms with Crippen molar-refractivity contribution in [1.82, 2.24) is 10.2 Å². The smallest absolute Gasteiger partial charge is 0.188 e. The van der Waals surface area contributed by atoms with Gasteiger partial charge >= 0.3 is 0 Å². The van der Waals surface area contributed by atoms with Gasteiger partial charge in [-0.05, 0) is 24.3 Å². The normalized spacial score (nSPS) is 10.7. The van der Waals surface area contributed by atoms with Gasteiger partial charge in [-0.2, -0.15) is 0 Å². The summed E-state index contributed by atoms with van der Waals surface area (Å²) in [4.78, 5) is 0. The van der Waals surface area contributed by atoms with Crippen molar-refractivity contribution in [3.8, 4) is 17.0 Å². The molecule has 0 fully saturated rings. The first-order valence-corrected chi connectivity index (χ1v) is 6.32. The van der Waals surface area contributed by atoms with Gasteiger partial charge in [-0.1, -0.05) is 30.3 Å². The number of methoxy groups -OCH3 is 1. The first-order chi connectivity index (χ1) is 9.88. The number of fused-ring (bicyclic) bond motifs is 1. The molecule has 2 aromatic carbocycles. The van der Waals surface area contributed by atoms with Crippen molar-refractivity contribution in [1.29, 1.82) is 0 Å². The molecule has 3 rings (SSSR count). The predicted molar refractivity (Wildman–Crippen MR) is 77.5 cm³/mol. The predicted octanol–water partition coefficient (Wildman–Crippen LogP) is 3.28. The lowest BCUT2D eigenvalue weighted by molar-refractivity contribution is 0.0515. The van der Waals surface area contributed by atoms with E-state index in [1.54, 1.807) is 7.11 Å². The fourth-order valence-electron chi connectivity index (χ4n) is 2.04. The summed E-state index contributed by atoms with van der Waals surface area (Å²) >= 11 is 0. The van der Waals surface area contributed by atoms with Gasteiger partial charge in [-0.25, -0.2) is 0 Å². The van der Waals surface area contributed by atoms with Gasteiger partial charge in [0.15, 0.2) is 6.79 Å². The van der Waals surface area contributed by atoms with E-state index in [-0.39, 0.29) is 6.79 Å². The van der Waals surface area contributed by atoms with Crippen LogP contribution in [0.2, 0.25) is 0 Å². The molecule has 0 saturated carbocycles. The second-order valence-electron chi connectivity index (χ2n) is 4.34. The third-order valence-electron chi connectivity index (χ3n) is 2.99. The highest BCUT2D eigenvalue weighted by Crippen LogP contribution is 2.29. The van der Waals surface area contributed by atoms with Gasteiger partial charge in [0.1, 0.15) is 5.75 Å². The van der Waals surface area contributed by atoms with Gasteiger partial charge in [-0.15, -0.1) is 10.2 Å². The van der Waals surface area contributed by atoms with Gasteiger partial charge in [0.2, 0.25) is 0 Å². The molecule has 0 saturated heterocycles. The molecule has 0 aliphatic carbocycles. The van der Waals surface area contributed by atoms with Crippen LogP contribution >= 0.6 is 0 Å². The molecule has 0 N–H and O–H groups in total. The number of para-hydroxylation sites is 1. The zero-order chi connectivity index (χ0) is 13.8. The third kappa shape index (κ3) is 2.46. The van der Waals surface area contributed by atoms with Crippen molar-refractivity contribution in [2.45, 2.75) is 0 Å². The van der Waals surface area contributed by atoms with Gasteiger partial charge in [0, 0.05) is 18.1 Å². The highest BCUT2D eigenvalue weighted by Gasteiger charge is 2.08. The Morgan fingerprint density at radius 2 is 1.75 bits per heavy atom. The van der Waals surface area contributed by atoms with Crippen molar-refractivity contribution in [2.24, 2.45) is 0 Å².